The maximum absolute atomic E-state index is 13.1. The molecule has 6 heteroatoms. The van der Waals surface area contributed by atoms with Gasteiger partial charge in [-0.25, -0.2) is 0 Å². The van der Waals surface area contributed by atoms with Crippen molar-refractivity contribution in [1.29, 1.82) is 0 Å². The van der Waals surface area contributed by atoms with E-state index in [1.54, 1.807) is 18.2 Å². The molecule has 4 aromatic rings. The largest absolute Gasteiger partial charge is 0.463 e. The molecule has 2 aromatic heterocycles. The van der Waals surface area contributed by atoms with E-state index < -0.39 is 0 Å². The average Bonchev–Trinajstić information content (AvgIpc) is 2.80. The van der Waals surface area contributed by atoms with Gasteiger partial charge in [0.2, 0.25) is 0 Å². The molecule has 0 spiro atoms. The van der Waals surface area contributed by atoms with Crippen molar-refractivity contribution in [3.05, 3.63) is 98.2 Å². The van der Waals surface area contributed by atoms with Crippen LogP contribution in [-0.2, 0) is 6.54 Å². The highest BCUT2D eigenvalue weighted by Crippen LogP contribution is 2.37. The van der Waals surface area contributed by atoms with Gasteiger partial charge in [0.15, 0.2) is 5.43 Å². The molecule has 32 heavy (non-hydrogen) atoms. The van der Waals surface area contributed by atoms with Crippen molar-refractivity contribution in [1.82, 2.24) is 4.57 Å². The number of rotatable bonds is 2. The van der Waals surface area contributed by atoms with Gasteiger partial charge in [0, 0.05) is 54.1 Å². The normalized spacial score (nSPS) is 19.7. The summed E-state index contributed by atoms with van der Waals surface area (Å²) in [4.78, 5) is 27.7. The fourth-order valence-corrected chi connectivity index (χ4v) is 5.38. The average molecular weight is 445 g/mol. The van der Waals surface area contributed by atoms with E-state index in [1.165, 1.54) is 6.26 Å². The molecule has 1 saturated heterocycles. The van der Waals surface area contributed by atoms with Crippen LogP contribution in [0.1, 0.15) is 18.0 Å². The lowest BCUT2D eigenvalue weighted by atomic mass is 9.83. The van der Waals surface area contributed by atoms with Crippen LogP contribution in [0.15, 0.2) is 80.9 Å². The molecular weight excluding hydrogens is 424 g/mol. The van der Waals surface area contributed by atoms with Crippen LogP contribution in [0, 0.1) is 5.92 Å². The van der Waals surface area contributed by atoms with Gasteiger partial charge in [0.1, 0.15) is 11.8 Å². The van der Waals surface area contributed by atoms with E-state index in [4.69, 9.17) is 16.0 Å². The maximum atomic E-state index is 13.1. The van der Waals surface area contributed by atoms with E-state index in [-0.39, 0.29) is 11.0 Å². The zero-order chi connectivity index (χ0) is 21.8. The first-order valence-corrected chi connectivity index (χ1v) is 11.2. The lowest BCUT2D eigenvalue weighted by Gasteiger charge is -2.43. The van der Waals surface area contributed by atoms with Gasteiger partial charge in [0.25, 0.3) is 5.56 Å². The highest BCUT2D eigenvalue weighted by atomic mass is 35.5. The Morgan fingerprint density at radius 1 is 0.938 bits per heavy atom. The Morgan fingerprint density at radius 3 is 2.62 bits per heavy atom. The Bertz CT molecular complexity index is 1450. The SMILES string of the molecule is O=c1c(-c2ccc(Cl)cc2)coc2cc(N3C[C@@H]4C[C@H](C3)c3cccc(=O)n3C4)ccc12. The fourth-order valence-electron chi connectivity index (χ4n) is 5.25. The van der Waals surface area contributed by atoms with E-state index in [0.717, 1.165) is 43.0 Å². The second kappa shape index (κ2) is 7.38. The molecule has 0 N–H and O–H groups in total. The molecule has 0 radical (unpaired) electrons. The highest BCUT2D eigenvalue weighted by molar-refractivity contribution is 6.30. The van der Waals surface area contributed by atoms with Crippen molar-refractivity contribution >= 4 is 28.3 Å². The molecule has 0 unspecified atom stereocenters. The van der Waals surface area contributed by atoms with Gasteiger partial charge in [-0.3, -0.25) is 9.59 Å². The van der Waals surface area contributed by atoms with E-state index in [2.05, 4.69) is 11.0 Å². The minimum Gasteiger partial charge on any atom is -0.463 e. The Kier molecular flexibility index (Phi) is 4.47. The number of hydrogen-bond donors (Lipinski definition) is 0. The Labute approximate surface area is 189 Å². The van der Waals surface area contributed by atoms with Crippen LogP contribution in [0.25, 0.3) is 22.1 Å². The first-order chi connectivity index (χ1) is 15.6. The summed E-state index contributed by atoms with van der Waals surface area (Å²) in [5.74, 6) is 0.753. The summed E-state index contributed by atoms with van der Waals surface area (Å²) in [5, 5.41) is 1.19. The van der Waals surface area contributed by atoms with Gasteiger partial charge in [-0.15, -0.1) is 0 Å². The van der Waals surface area contributed by atoms with Crippen LogP contribution < -0.4 is 15.9 Å². The lowest BCUT2D eigenvalue weighted by Crippen LogP contribution is -2.47. The van der Waals surface area contributed by atoms with Gasteiger partial charge < -0.3 is 13.9 Å². The van der Waals surface area contributed by atoms with Crippen molar-refractivity contribution < 1.29 is 4.42 Å². The lowest BCUT2D eigenvalue weighted by molar-refractivity contribution is 0.281. The highest BCUT2D eigenvalue weighted by Gasteiger charge is 2.34. The van der Waals surface area contributed by atoms with Gasteiger partial charge in [0.05, 0.1) is 10.9 Å². The van der Waals surface area contributed by atoms with Crippen molar-refractivity contribution in [2.24, 2.45) is 5.92 Å². The second-order valence-corrected chi connectivity index (χ2v) is 9.21. The summed E-state index contributed by atoms with van der Waals surface area (Å²) < 4.78 is 7.84. The van der Waals surface area contributed by atoms with E-state index in [0.29, 0.717) is 33.4 Å². The number of hydrogen-bond acceptors (Lipinski definition) is 4. The molecule has 2 aromatic carbocycles. The molecular formula is C26H21ClN2O3. The molecule has 0 amide bonds. The third-order valence-corrected chi connectivity index (χ3v) is 7.01. The fraction of sp³-hybridized carbons (Fsp3) is 0.231. The summed E-state index contributed by atoms with van der Waals surface area (Å²) in [6, 6.07) is 18.6. The van der Waals surface area contributed by atoms with E-state index >= 15 is 0 Å². The second-order valence-electron chi connectivity index (χ2n) is 8.77. The minimum atomic E-state index is -0.0519. The number of anilines is 1. The zero-order valence-electron chi connectivity index (χ0n) is 17.3. The number of nitrogens with zero attached hydrogens (tertiary/aromatic N) is 2. The molecule has 1 fully saturated rings. The van der Waals surface area contributed by atoms with Crippen molar-refractivity contribution in [2.75, 3.05) is 18.0 Å². The summed E-state index contributed by atoms with van der Waals surface area (Å²) in [7, 11) is 0. The van der Waals surface area contributed by atoms with Crippen LogP contribution in [0.2, 0.25) is 5.02 Å². The van der Waals surface area contributed by atoms with E-state index in [9.17, 15) is 9.59 Å². The topological polar surface area (TPSA) is 55.5 Å². The molecule has 2 aliphatic heterocycles. The van der Waals surface area contributed by atoms with Crippen LogP contribution in [0.4, 0.5) is 5.69 Å². The first kappa shape index (κ1) is 19.4. The third kappa shape index (κ3) is 3.16. The van der Waals surface area contributed by atoms with Crippen molar-refractivity contribution in [3.63, 3.8) is 0 Å². The standard InChI is InChI=1S/C26H21ClN2O3/c27-19-6-4-17(5-7-19)22-15-32-24-11-20(8-9-21(24)26(22)31)28-12-16-10-18(14-28)23-2-1-3-25(30)29(23)13-16/h1-9,11,15-16,18H,10,12-14H2/t16-,18+/m0/s1. The maximum Gasteiger partial charge on any atom is 0.250 e. The summed E-state index contributed by atoms with van der Waals surface area (Å²) in [6.45, 7) is 2.49. The Balaban J connectivity index is 1.35. The van der Waals surface area contributed by atoms with Crippen molar-refractivity contribution in [2.45, 2.75) is 18.9 Å². The summed E-state index contributed by atoms with van der Waals surface area (Å²) in [5.41, 5.74) is 4.10. The number of piperidine rings is 1. The monoisotopic (exact) mass is 444 g/mol. The molecule has 6 rings (SSSR count). The molecule has 4 heterocycles. The summed E-state index contributed by atoms with van der Waals surface area (Å²) >= 11 is 5.97. The van der Waals surface area contributed by atoms with Crippen LogP contribution in [-0.4, -0.2) is 17.7 Å². The Morgan fingerprint density at radius 2 is 1.78 bits per heavy atom. The quantitative estimate of drug-likeness (QED) is 0.441. The van der Waals surface area contributed by atoms with Crippen molar-refractivity contribution in [3.8, 4) is 11.1 Å². The van der Waals surface area contributed by atoms with Gasteiger partial charge in [-0.05, 0) is 48.2 Å². The molecule has 0 aliphatic carbocycles. The third-order valence-electron chi connectivity index (χ3n) is 6.76. The molecule has 2 bridgehead atoms. The van der Waals surface area contributed by atoms with Gasteiger partial charge in [-0.1, -0.05) is 29.8 Å². The molecule has 2 aliphatic rings. The first-order valence-electron chi connectivity index (χ1n) is 10.8. The van der Waals surface area contributed by atoms with Gasteiger partial charge >= 0.3 is 0 Å². The van der Waals surface area contributed by atoms with Crippen LogP contribution in [0.5, 0.6) is 0 Å². The molecule has 2 atom stereocenters. The molecule has 0 saturated carbocycles. The minimum absolute atomic E-state index is 0.0519. The number of fused-ring (bicyclic) bond motifs is 5. The molecule has 5 nitrogen and oxygen atoms in total. The van der Waals surface area contributed by atoms with Crippen LogP contribution >= 0.6 is 11.6 Å². The number of halogens is 1. The smallest absolute Gasteiger partial charge is 0.250 e. The number of aromatic nitrogens is 1. The predicted octanol–water partition coefficient (Wildman–Crippen LogP) is 4.90. The van der Waals surface area contributed by atoms with Crippen LogP contribution in [0.3, 0.4) is 0 Å². The van der Waals surface area contributed by atoms with E-state index in [1.807, 2.05) is 41.0 Å². The predicted molar refractivity (Wildman–Crippen MR) is 127 cm³/mol. The Hall–Kier alpha value is -3.31. The number of pyridine rings is 1. The number of benzene rings is 2. The summed E-state index contributed by atoms with van der Waals surface area (Å²) in [6.07, 6.45) is 2.64. The molecule has 160 valence electrons. The van der Waals surface area contributed by atoms with Gasteiger partial charge in [-0.2, -0.15) is 0 Å². The zero-order valence-corrected chi connectivity index (χ0v) is 18.1.